The molecule has 0 aromatic heterocycles. The Balaban J connectivity index is 2.00. The third kappa shape index (κ3) is 2.92. The van der Waals surface area contributed by atoms with Crippen LogP contribution in [-0.4, -0.2) is 25.0 Å². The smallest absolute Gasteiger partial charge is 0.319 e. The average molecular weight is 323 g/mol. The van der Waals surface area contributed by atoms with Crippen LogP contribution in [-0.2, 0) is 14.3 Å². The fraction of sp³-hybridized carbons (Fsp3) is 0.300. The summed E-state index contributed by atoms with van der Waals surface area (Å²) in [7, 11) is 0. The van der Waals surface area contributed by atoms with Crippen LogP contribution in [0.5, 0.6) is 0 Å². The molecule has 124 valence electrons. The fourth-order valence-electron chi connectivity index (χ4n) is 3.31. The Bertz CT molecular complexity index is 742. The number of amides is 1. The molecular formula is C20H21NO3. The molecule has 1 heterocycles. The second kappa shape index (κ2) is 6.87. The summed E-state index contributed by atoms with van der Waals surface area (Å²) in [6.07, 6.45) is 0. The largest absolute Gasteiger partial charge is 0.465 e. The lowest BCUT2D eigenvalue weighted by Gasteiger charge is -2.19. The Morgan fingerprint density at radius 1 is 1.12 bits per heavy atom. The van der Waals surface area contributed by atoms with Gasteiger partial charge in [0.25, 0.3) is 0 Å². The number of benzene rings is 2. The number of hydrogen-bond donors (Lipinski definition) is 0. The maximum absolute atomic E-state index is 13.0. The molecule has 4 nitrogen and oxygen atoms in total. The number of esters is 1. The van der Waals surface area contributed by atoms with Crippen LogP contribution in [0.1, 0.15) is 24.0 Å². The van der Waals surface area contributed by atoms with Gasteiger partial charge in [-0.15, -0.1) is 0 Å². The number of ether oxygens (including phenoxy) is 1. The first-order chi connectivity index (χ1) is 11.6. The van der Waals surface area contributed by atoms with E-state index in [2.05, 4.69) is 0 Å². The van der Waals surface area contributed by atoms with Crippen molar-refractivity contribution in [2.75, 3.05) is 18.1 Å². The molecule has 0 unspecified atom stereocenters. The van der Waals surface area contributed by atoms with Gasteiger partial charge in [-0.1, -0.05) is 48.5 Å². The van der Waals surface area contributed by atoms with Crippen molar-refractivity contribution in [2.24, 2.45) is 5.92 Å². The molecule has 1 fully saturated rings. The number of rotatable bonds is 4. The van der Waals surface area contributed by atoms with Gasteiger partial charge in [-0.2, -0.15) is 0 Å². The summed E-state index contributed by atoms with van der Waals surface area (Å²) < 4.78 is 5.18. The van der Waals surface area contributed by atoms with Crippen LogP contribution in [0.25, 0.3) is 0 Å². The van der Waals surface area contributed by atoms with Crippen molar-refractivity contribution in [1.82, 2.24) is 0 Å². The van der Waals surface area contributed by atoms with Gasteiger partial charge in [0.1, 0.15) is 5.92 Å². The molecule has 4 heteroatoms. The number of carbonyl (C=O) groups is 2. The van der Waals surface area contributed by atoms with Crippen molar-refractivity contribution in [3.8, 4) is 0 Å². The van der Waals surface area contributed by atoms with Crippen LogP contribution in [0, 0.1) is 12.8 Å². The minimum atomic E-state index is -0.785. The normalized spacial score (nSPS) is 20.2. The second-order valence-corrected chi connectivity index (χ2v) is 5.98. The van der Waals surface area contributed by atoms with E-state index in [9.17, 15) is 9.59 Å². The van der Waals surface area contributed by atoms with E-state index in [0.717, 1.165) is 16.8 Å². The molecule has 2 atom stereocenters. The maximum Gasteiger partial charge on any atom is 0.319 e. The number of hydrogen-bond acceptors (Lipinski definition) is 3. The Hall–Kier alpha value is -2.62. The lowest BCUT2D eigenvalue weighted by Crippen LogP contribution is -2.32. The minimum Gasteiger partial charge on any atom is -0.465 e. The van der Waals surface area contributed by atoms with Gasteiger partial charge in [-0.25, -0.2) is 0 Å². The maximum atomic E-state index is 13.0. The van der Waals surface area contributed by atoms with E-state index in [1.807, 2.05) is 61.5 Å². The molecular weight excluding hydrogens is 302 g/mol. The van der Waals surface area contributed by atoms with Crippen LogP contribution in [0.4, 0.5) is 5.69 Å². The Morgan fingerprint density at radius 3 is 2.46 bits per heavy atom. The molecule has 2 aromatic rings. The molecule has 1 saturated heterocycles. The Morgan fingerprint density at radius 2 is 1.79 bits per heavy atom. The molecule has 1 aliphatic heterocycles. The predicted octanol–water partition coefficient (Wildman–Crippen LogP) is 3.30. The molecule has 1 aliphatic rings. The highest BCUT2D eigenvalue weighted by Gasteiger charge is 2.47. The third-order valence-electron chi connectivity index (χ3n) is 4.49. The van der Waals surface area contributed by atoms with E-state index in [4.69, 9.17) is 4.74 Å². The zero-order chi connectivity index (χ0) is 17.1. The molecule has 24 heavy (non-hydrogen) atoms. The van der Waals surface area contributed by atoms with Crippen LogP contribution in [0.15, 0.2) is 54.6 Å². The summed E-state index contributed by atoms with van der Waals surface area (Å²) in [5.74, 6) is -1.60. The lowest BCUT2D eigenvalue weighted by atomic mass is 9.89. The number of aryl methyl sites for hydroxylation is 1. The van der Waals surface area contributed by atoms with Crippen molar-refractivity contribution in [2.45, 2.75) is 19.8 Å². The zero-order valence-corrected chi connectivity index (χ0v) is 13.9. The number of para-hydroxylation sites is 1. The van der Waals surface area contributed by atoms with E-state index in [1.165, 1.54) is 0 Å². The van der Waals surface area contributed by atoms with Crippen molar-refractivity contribution in [1.29, 1.82) is 0 Å². The molecule has 0 radical (unpaired) electrons. The van der Waals surface area contributed by atoms with Crippen LogP contribution in [0.3, 0.4) is 0 Å². The van der Waals surface area contributed by atoms with E-state index < -0.39 is 11.9 Å². The highest BCUT2D eigenvalue weighted by atomic mass is 16.5. The molecule has 2 aromatic carbocycles. The van der Waals surface area contributed by atoms with Gasteiger partial charge in [0.2, 0.25) is 5.91 Å². The van der Waals surface area contributed by atoms with Gasteiger partial charge in [-0.05, 0) is 31.0 Å². The monoisotopic (exact) mass is 323 g/mol. The van der Waals surface area contributed by atoms with Crippen molar-refractivity contribution in [3.05, 3.63) is 65.7 Å². The highest BCUT2D eigenvalue weighted by Crippen LogP contribution is 2.38. The molecule has 3 rings (SSSR count). The van der Waals surface area contributed by atoms with E-state index in [0.29, 0.717) is 6.54 Å². The standard InChI is InChI=1S/C20H21NO3/c1-3-24-20(23)18-16(15-10-5-4-6-11-15)13-21(19(18)22)17-12-8-7-9-14(17)2/h4-12,16,18H,3,13H2,1-2H3/t16-,18-/m1/s1. The molecule has 0 N–H and O–H groups in total. The average Bonchev–Trinajstić information content (AvgIpc) is 2.94. The highest BCUT2D eigenvalue weighted by molar-refractivity contribution is 6.09. The van der Waals surface area contributed by atoms with Crippen molar-refractivity contribution in [3.63, 3.8) is 0 Å². The van der Waals surface area contributed by atoms with Gasteiger partial charge in [-0.3, -0.25) is 9.59 Å². The van der Waals surface area contributed by atoms with Crippen LogP contribution >= 0.6 is 0 Å². The van der Waals surface area contributed by atoms with Gasteiger partial charge < -0.3 is 9.64 Å². The summed E-state index contributed by atoms with van der Waals surface area (Å²) in [5, 5.41) is 0. The minimum absolute atomic E-state index is 0.184. The number of anilines is 1. The lowest BCUT2D eigenvalue weighted by molar-refractivity contribution is -0.150. The number of carbonyl (C=O) groups excluding carboxylic acids is 2. The molecule has 0 spiro atoms. The second-order valence-electron chi connectivity index (χ2n) is 5.98. The Kier molecular flexibility index (Phi) is 4.65. The molecule has 0 bridgehead atoms. The van der Waals surface area contributed by atoms with E-state index >= 15 is 0 Å². The molecule has 0 aliphatic carbocycles. The molecule has 0 saturated carbocycles. The summed E-state index contributed by atoms with van der Waals surface area (Å²) in [4.78, 5) is 27.1. The SMILES string of the molecule is CCOC(=O)[C@H]1C(=O)N(c2ccccc2C)C[C@@H]1c1ccccc1. The van der Waals surface area contributed by atoms with Crippen molar-refractivity contribution >= 4 is 17.6 Å². The van der Waals surface area contributed by atoms with Gasteiger partial charge in [0, 0.05) is 18.2 Å². The third-order valence-corrected chi connectivity index (χ3v) is 4.49. The first-order valence-electron chi connectivity index (χ1n) is 8.22. The summed E-state index contributed by atoms with van der Waals surface area (Å²) >= 11 is 0. The first kappa shape index (κ1) is 16.2. The van der Waals surface area contributed by atoms with Crippen LogP contribution < -0.4 is 4.90 Å². The number of nitrogens with zero attached hydrogens (tertiary/aromatic N) is 1. The van der Waals surface area contributed by atoms with Crippen molar-refractivity contribution < 1.29 is 14.3 Å². The first-order valence-corrected chi connectivity index (χ1v) is 8.22. The summed E-state index contributed by atoms with van der Waals surface area (Å²) in [5.41, 5.74) is 2.86. The summed E-state index contributed by atoms with van der Waals surface area (Å²) in [6, 6.07) is 17.5. The van der Waals surface area contributed by atoms with Crippen LogP contribution in [0.2, 0.25) is 0 Å². The Labute approximate surface area is 142 Å². The fourth-order valence-corrected chi connectivity index (χ4v) is 3.31. The van der Waals surface area contributed by atoms with Gasteiger partial charge in [0.15, 0.2) is 0 Å². The van der Waals surface area contributed by atoms with Gasteiger partial charge >= 0.3 is 5.97 Å². The van der Waals surface area contributed by atoms with Gasteiger partial charge in [0.05, 0.1) is 6.61 Å². The van der Waals surface area contributed by atoms with E-state index in [-0.39, 0.29) is 18.4 Å². The zero-order valence-electron chi connectivity index (χ0n) is 13.9. The summed E-state index contributed by atoms with van der Waals surface area (Å²) in [6.45, 7) is 4.48. The predicted molar refractivity (Wildman–Crippen MR) is 92.8 cm³/mol. The topological polar surface area (TPSA) is 46.6 Å². The molecule has 1 amide bonds. The van der Waals surface area contributed by atoms with E-state index in [1.54, 1.807) is 11.8 Å². The quantitative estimate of drug-likeness (QED) is 0.640.